The highest BCUT2D eigenvalue weighted by atomic mass is 32.1. The molecule has 2 heterocycles. The molecule has 1 aromatic rings. The van der Waals surface area contributed by atoms with E-state index in [1.165, 1.54) is 0 Å². The molecule has 1 aliphatic rings. The first-order valence-corrected chi connectivity index (χ1v) is 6.47. The van der Waals surface area contributed by atoms with Gasteiger partial charge in [-0.25, -0.2) is 9.69 Å². The van der Waals surface area contributed by atoms with E-state index in [-0.39, 0.29) is 41.1 Å². The van der Waals surface area contributed by atoms with E-state index in [1.807, 2.05) is 6.92 Å². The predicted octanol–water partition coefficient (Wildman–Crippen LogP) is 2.04. The maximum atomic E-state index is 12.0. The molecule has 0 bridgehead atoms. The third-order valence-corrected chi connectivity index (χ3v) is 3.98. The van der Waals surface area contributed by atoms with Crippen molar-refractivity contribution in [1.29, 1.82) is 0 Å². The van der Waals surface area contributed by atoms with Gasteiger partial charge in [-0.2, -0.15) is 0 Å². The first-order valence-electron chi connectivity index (χ1n) is 5.59. The fourth-order valence-electron chi connectivity index (χ4n) is 2.11. The second-order valence-corrected chi connectivity index (χ2v) is 5.42. The van der Waals surface area contributed by atoms with Gasteiger partial charge in [0.25, 0.3) is 0 Å². The minimum atomic E-state index is -1.11. The normalized spacial score (nSPS) is 17.3. The van der Waals surface area contributed by atoms with Gasteiger partial charge in [-0.3, -0.25) is 9.59 Å². The molecule has 0 unspecified atom stereocenters. The lowest BCUT2D eigenvalue weighted by molar-refractivity contribution is -0.130. The van der Waals surface area contributed by atoms with Gasteiger partial charge in [-0.1, -0.05) is 6.92 Å². The topological polar surface area (TPSA) is 74.7 Å². The van der Waals surface area contributed by atoms with Gasteiger partial charge in [0.2, 0.25) is 11.8 Å². The maximum absolute atomic E-state index is 12.0. The Morgan fingerprint density at radius 3 is 2.44 bits per heavy atom. The molecule has 1 aliphatic heterocycles. The van der Waals surface area contributed by atoms with E-state index in [0.717, 1.165) is 16.2 Å². The zero-order chi connectivity index (χ0) is 13.4. The Hall–Kier alpha value is -1.69. The van der Waals surface area contributed by atoms with Crippen molar-refractivity contribution < 1.29 is 19.5 Å². The van der Waals surface area contributed by atoms with Crippen LogP contribution >= 0.6 is 11.3 Å². The summed E-state index contributed by atoms with van der Waals surface area (Å²) in [5.74, 6) is -1.72. The SMILES string of the molecule is Cc1csc(C(=O)O)c1N1C(=O)CC(C)CC1=O. The lowest BCUT2D eigenvalue weighted by Gasteiger charge is -2.28. The number of aromatic carboxylic acids is 1. The number of piperidine rings is 1. The molecule has 1 aromatic heterocycles. The molecule has 0 spiro atoms. The largest absolute Gasteiger partial charge is 0.477 e. The van der Waals surface area contributed by atoms with Crippen molar-refractivity contribution in [2.24, 2.45) is 5.92 Å². The molecule has 5 nitrogen and oxygen atoms in total. The molecule has 2 amide bonds. The lowest BCUT2D eigenvalue weighted by atomic mass is 9.97. The number of aryl methyl sites for hydroxylation is 1. The minimum Gasteiger partial charge on any atom is -0.477 e. The van der Waals surface area contributed by atoms with Crippen molar-refractivity contribution >= 4 is 34.8 Å². The monoisotopic (exact) mass is 267 g/mol. The Balaban J connectivity index is 2.48. The number of thiophene rings is 1. The Kier molecular flexibility index (Phi) is 3.21. The van der Waals surface area contributed by atoms with Crippen LogP contribution in [0.5, 0.6) is 0 Å². The number of hydrogen-bond donors (Lipinski definition) is 1. The Morgan fingerprint density at radius 1 is 1.39 bits per heavy atom. The lowest BCUT2D eigenvalue weighted by Crippen LogP contribution is -2.43. The number of anilines is 1. The highest BCUT2D eigenvalue weighted by molar-refractivity contribution is 7.12. The number of rotatable bonds is 2. The molecule has 0 saturated carbocycles. The van der Waals surface area contributed by atoms with E-state index in [2.05, 4.69) is 0 Å². The van der Waals surface area contributed by atoms with Crippen LogP contribution in [0, 0.1) is 12.8 Å². The van der Waals surface area contributed by atoms with E-state index in [9.17, 15) is 14.4 Å². The first kappa shape index (κ1) is 12.8. The summed E-state index contributed by atoms with van der Waals surface area (Å²) in [4.78, 5) is 36.1. The van der Waals surface area contributed by atoms with Crippen LogP contribution in [0.25, 0.3) is 0 Å². The zero-order valence-corrected chi connectivity index (χ0v) is 10.9. The van der Waals surface area contributed by atoms with Crippen LogP contribution in [-0.4, -0.2) is 22.9 Å². The van der Waals surface area contributed by atoms with E-state index in [0.29, 0.717) is 5.56 Å². The van der Waals surface area contributed by atoms with Crippen molar-refractivity contribution in [3.8, 4) is 0 Å². The zero-order valence-electron chi connectivity index (χ0n) is 10.1. The molecule has 2 rings (SSSR count). The fraction of sp³-hybridized carbons (Fsp3) is 0.417. The second-order valence-electron chi connectivity index (χ2n) is 4.54. The molecule has 1 N–H and O–H groups in total. The van der Waals surface area contributed by atoms with Crippen molar-refractivity contribution in [1.82, 2.24) is 0 Å². The molecule has 0 aliphatic carbocycles. The van der Waals surface area contributed by atoms with E-state index in [4.69, 9.17) is 5.11 Å². The third-order valence-electron chi connectivity index (χ3n) is 2.90. The average Bonchev–Trinajstić information content (AvgIpc) is 2.59. The summed E-state index contributed by atoms with van der Waals surface area (Å²) in [7, 11) is 0. The summed E-state index contributed by atoms with van der Waals surface area (Å²) in [5, 5.41) is 10.7. The molecule has 1 saturated heterocycles. The summed E-state index contributed by atoms with van der Waals surface area (Å²) in [6.07, 6.45) is 0.556. The standard InChI is InChI=1S/C12H13NO4S/c1-6-3-8(14)13(9(15)4-6)10-7(2)5-18-11(10)12(16)17/h5-6H,3-4H2,1-2H3,(H,16,17). The summed E-state index contributed by atoms with van der Waals surface area (Å²) < 4.78 is 0. The van der Waals surface area contributed by atoms with E-state index in [1.54, 1.807) is 12.3 Å². The number of amides is 2. The number of carboxylic acid groups (broad SMARTS) is 1. The van der Waals surface area contributed by atoms with Gasteiger partial charge in [-0.05, 0) is 23.8 Å². The van der Waals surface area contributed by atoms with E-state index >= 15 is 0 Å². The van der Waals surface area contributed by atoms with Gasteiger partial charge in [0.15, 0.2) is 0 Å². The minimum absolute atomic E-state index is 0.0217. The number of nitrogens with zero attached hydrogens (tertiary/aromatic N) is 1. The van der Waals surface area contributed by atoms with Crippen molar-refractivity contribution in [3.63, 3.8) is 0 Å². The van der Waals surface area contributed by atoms with Crippen molar-refractivity contribution in [2.75, 3.05) is 4.90 Å². The van der Waals surface area contributed by atoms with Gasteiger partial charge in [-0.15, -0.1) is 11.3 Å². The molecule has 0 atom stereocenters. The number of carboxylic acids is 1. The Bertz CT molecular complexity index is 516. The van der Waals surface area contributed by atoms with Crippen LogP contribution in [0.1, 0.15) is 35.0 Å². The number of carbonyl (C=O) groups is 3. The molecule has 18 heavy (non-hydrogen) atoms. The first-order chi connectivity index (χ1) is 8.41. The van der Waals surface area contributed by atoms with Gasteiger partial charge in [0.05, 0.1) is 5.69 Å². The Labute approximate surface area is 108 Å². The van der Waals surface area contributed by atoms with Gasteiger partial charge < -0.3 is 5.11 Å². The second kappa shape index (κ2) is 4.53. The Morgan fingerprint density at radius 2 is 1.94 bits per heavy atom. The van der Waals surface area contributed by atoms with Crippen LogP contribution in [0.4, 0.5) is 5.69 Å². The smallest absolute Gasteiger partial charge is 0.348 e. The van der Waals surface area contributed by atoms with Crippen molar-refractivity contribution in [2.45, 2.75) is 26.7 Å². The third kappa shape index (κ3) is 2.03. The van der Waals surface area contributed by atoms with Crippen LogP contribution in [0.2, 0.25) is 0 Å². The number of hydrogen-bond acceptors (Lipinski definition) is 4. The molecule has 1 fully saturated rings. The van der Waals surface area contributed by atoms with Crippen LogP contribution in [0.3, 0.4) is 0 Å². The van der Waals surface area contributed by atoms with Gasteiger partial charge in [0.1, 0.15) is 4.88 Å². The fourth-order valence-corrected chi connectivity index (χ4v) is 2.98. The highest BCUT2D eigenvalue weighted by Crippen LogP contribution is 2.34. The molecule has 96 valence electrons. The molecule has 0 radical (unpaired) electrons. The summed E-state index contributed by atoms with van der Waals surface area (Å²) in [5.41, 5.74) is 0.892. The molecular weight excluding hydrogens is 254 g/mol. The highest BCUT2D eigenvalue weighted by Gasteiger charge is 2.35. The van der Waals surface area contributed by atoms with Crippen LogP contribution in [0.15, 0.2) is 5.38 Å². The maximum Gasteiger partial charge on any atom is 0.348 e. The summed E-state index contributed by atoms with van der Waals surface area (Å²) in [6.45, 7) is 3.54. The predicted molar refractivity (Wildman–Crippen MR) is 66.9 cm³/mol. The molecular formula is C12H13NO4S. The van der Waals surface area contributed by atoms with Gasteiger partial charge >= 0.3 is 5.97 Å². The summed E-state index contributed by atoms with van der Waals surface area (Å²) in [6, 6.07) is 0. The summed E-state index contributed by atoms with van der Waals surface area (Å²) >= 11 is 1.04. The van der Waals surface area contributed by atoms with Crippen LogP contribution < -0.4 is 4.90 Å². The molecule has 6 heteroatoms. The van der Waals surface area contributed by atoms with Gasteiger partial charge in [0, 0.05) is 12.8 Å². The average molecular weight is 267 g/mol. The quantitative estimate of drug-likeness (QED) is 0.832. The van der Waals surface area contributed by atoms with Crippen LogP contribution in [-0.2, 0) is 9.59 Å². The van der Waals surface area contributed by atoms with E-state index < -0.39 is 5.97 Å². The molecule has 0 aromatic carbocycles. The number of imide groups is 1. The van der Waals surface area contributed by atoms with Crippen molar-refractivity contribution in [3.05, 3.63) is 15.8 Å². The number of carbonyl (C=O) groups excluding carboxylic acids is 2.